The van der Waals surface area contributed by atoms with Crippen LogP contribution in [0, 0.1) is 6.92 Å². The van der Waals surface area contributed by atoms with Crippen LogP contribution in [0.25, 0.3) is 5.65 Å². The first-order valence-electron chi connectivity index (χ1n) is 9.61. The number of nitrogens with zero attached hydrogens (tertiary/aromatic N) is 2. The molecule has 10 nitrogen and oxygen atoms in total. The van der Waals surface area contributed by atoms with Crippen molar-refractivity contribution in [3.05, 3.63) is 76.3 Å². The van der Waals surface area contributed by atoms with Crippen molar-refractivity contribution >= 4 is 27.1 Å². The van der Waals surface area contributed by atoms with Gasteiger partial charge in [0, 0.05) is 12.1 Å². The predicted molar refractivity (Wildman–Crippen MR) is 114 cm³/mol. The summed E-state index contributed by atoms with van der Waals surface area (Å²) in [5.41, 5.74) is 0.406. The minimum Gasteiger partial charge on any atom is -0.485 e. The zero-order valence-corrected chi connectivity index (χ0v) is 18.0. The van der Waals surface area contributed by atoms with Crippen LogP contribution in [0.4, 0.5) is 5.69 Å². The highest BCUT2D eigenvalue weighted by atomic mass is 32.2. The number of carbonyl (C=O) groups is 1. The predicted octanol–water partition coefficient (Wildman–Crippen LogP) is 2.81. The summed E-state index contributed by atoms with van der Waals surface area (Å²) in [6.07, 6.45) is 1.35. The Bertz CT molecular complexity index is 1450. The molecule has 0 aliphatic heterocycles. The maximum atomic E-state index is 12.4. The quantitative estimate of drug-likeness (QED) is 0.448. The van der Waals surface area contributed by atoms with Gasteiger partial charge in [-0.25, -0.2) is 13.4 Å². The Morgan fingerprint density at radius 2 is 2.03 bits per heavy atom. The summed E-state index contributed by atoms with van der Waals surface area (Å²) < 4.78 is 41.8. The molecule has 166 valence electrons. The van der Waals surface area contributed by atoms with Gasteiger partial charge in [0.2, 0.25) is 0 Å². The van der Waals surface area contributed by atoms with Crippen LogP contribution in [0.2, 0.25) is 0 Å². The summed E-state index contributed by atoms with van der Waals surface area (Å²) in [6, 6.07) is 10.1. The van der Waals surface area contributed by atoms with Crippen molar-refractivity contribution in [2.24, 2.45) is 0 Å². The van der Waals surface area contributed by atoms with Crippen LogP contribution in [0.5, 0.6) is 5.75 Å². The van der Waals surface area contributed by atoms with Crippen molar-refractivity contribution in [2.45, 2.75) is 25.3 Å². The molecule has 0 saturated heterocycles. The number of aromatic nitrogens is 2. The topological polar surface area (TPSA) is 133 Å². The lowest BCUT2D eigenvalue weighted by molar-refractivity contribution is 0.0996. The van der Waals surface area contributed by atoms with Crippen LogP contribution >= 0.6 is 0 Å². The molecule has 0 spiro atoms. The van der Waals surface area contributed by atoms with Gasteiger partial charge < -0.3 is 19.0 Å². The van der Waals surface area contributed by atoms with Crippen molar-refractivity contribution in [3.63, 3.8) is 0 Å². The summed E-state index contributed by atoms with van der Waals surface area (Å²) >= 11 is 0. The lowest BCUT2D eigenvalue weighted by atomic mass is 10.2. The van der Waals surface area contributed by atoms with E-state index in [-0.39, 0.29) is 34.5 Å². The average Bonchev–Trinajstić information content (AvgIpc) is 3.42. The van der Waals surface area contributed by atoms with Gasteiger partial charge in [-0.05, 0) is 37.3 Å². The summed E-state index contributed by atoms with van der Waals surface area (Å²) in [4.78, 5) is 29.0. The highest BCUT2D eigenvalue weighted by Gasteiger charge is 2.18. The second-order valence-electron chi connectivity index (χ2n) is 6.87. The number of benzene rings is 1. The average molecular weight is 457 g/mol. The number of sulfone groups is 1. The van der Waals surface area contributed by atoms with E-state index in [4.69, 9.17) is 13.7 Å². The van der Waals surface area contributed by atoms with E-state index in [9.17, 15) is 18.0 Å². The molecule has 0 bridgehead atoms. The molecular formula is C21H19N3O7S. The van der Waals surface area contributed by atoms with Crippen molar-refractivity contribution in [1.29, 1.82) is 0 Å². The van der Waals surface area contributed by atoms with Gasteiger partial charge in [-0.1, -0.05) is 6.92 Å². The Morgan fingerprint density at radius 1 is 1.22 bits per heavy atom. The van der Waals surface area contributed by atoms with Crippen molar-refractivity contribution < 1.29 is 26.9 Å². The Hall–Kier alpha value is -3.86. The van der Waals surface area contributed by atoms with Gasteiger partial charge in [0.25, 0.3) is 11.5 Å². The molecule has 0 atom stereocenters. The largest absolute Gasteiger partial charge is 0.485 e. The molecular weight excluding hydrogens is 438 g/mol. The molecule has 1 amide bonds. The van der Waals surface area contributed by atoms with E-state index in [1.807, 2.05) is 0 Å². The number of rotatable bonds is 7. The van der Waals surface area contributed by atoms with Crippen LogP contribution in [0.3, 0.4) is 0 Å². The molecule has 4 rings (SSSR count). The van der Waals surface area contributed by atoms with Gasteiger partial charge in [-0.15, -0.1) is 4.57 Å². The highest BCUT2D eigenvalue weighted by molar-refractivity contribution is 7.91. The fourth-order valence-corrected chi connectivity index (χ4v) is 3.89. The number of hydrogen-bond donors (Lipinski definition) is 1. The van der Waals surface area contributed by atoms with Crippen molar-refractivity contribution in [2.75, 3.05) is 11.1 Å². The van der Waals surface area contributed by atoms with E-state index in [2.05, 4.69) is 10.3 Å². The fraction of sp³-hybridized carbons (Fsp3) is 0.190. The molecule has 32 heavy (non-hydrogen) atoms. The molecule has 0 fully saturated rings. The minimum absolute atomic E-state index is 0.0359. The standard InChI is InChI=1S/C21H19N3O7S/c1-3-32(27,28)15-6-7-17(16(11-15)23-21(26)18-5-4-8-29-18)30-12-14-10-20(25)24-19(22-14)9-13(2)31-24/h4-11H,3,12H2,1-2H3,(H,23,26). The van der Waals surface area contributed by atoms with Crippen LogP contribution < -0.4 is 15.6 Å². The number of fused-ring (bicyclic) bond motifs is 1. The first-order chi connectivity index (χ1) is 15.3. The summed E-state index contributed by atoms with van der Waals surface area (Å²) in [6.45, 7) is 3.13. The number of amides is 1. The lowest BCUT2D eigenvalue weighted by Crippen LogP contribution is -2.15. The second-order valence-corrected chi connectivity index (χ2v) is 9.14. The maximum absolute atomic E-state index is 12.4. The smallest absolute Gasteiger partial charge is 0.291 e. The first-order valence-corrected chi connectivity index (χ1v) is 11.3. The fourth-order valence-electron chi connectivity index (χ4n) is 2.98. The molecule has 1 N–H and O–H groups in total. The van der Waals surface area contributed by atoms with Gasteiger partial charge in [0.05, 0.1) is 28.3 Å². The van der Waals surface area contributed by atoms with Crippen LogP contribution in [0.15, 0.2) is 67.4 Å². The zero-order valence-electron chi connectivity index (χ0n) is 17.2. The van der Waals surface area contributed by atoms with Crippen LogP contribution in [-0.2, 0) is 16.4 Å². The van der Waals surface area contributed by atoms with Gasteiger partial charge in [-0.2, -0.15) is 0 Å². The number of carbonyl (C=O) groups excluding carboxylic acids is 1. The van der Waals surface area contributed by atoms with Crippen molar-refractivity contribution in [3.8, 4) is 5.75 Å². The van der Waals surface area contributed by atoms with Crippen LogP contribution in [-0.4, -0.2) is 29.6 Å². The molecule has 1 aromatic carbocycles. The number of hydrogen-bond acceptors (Lipinski definition) is 8. The van der Waals surface area contributed by atoms with E-state index in [0.29, 0.717) is 17.1 Å². The van der Waals surface area contributed by atoms with Crippen molar-refractivity contribution in [1.82, 2.24) is 9.56 Å². The maximum Gasteiger partial charge on any atom is 0.291 e. The number of nitrogens with one attached hydrogen (secondary N) is 1. The summed E-state index contributed by atoms with van der Waals surface area (Å²) in [5, 5.41) is 2.61. The van der Waals surface area contributed by atoms with Gasteiger partial charge in [-0.3, -0.25) is 9.59 Å². The molecule has 3 aromatic heterocycles. The molecule has 0 saturated carbocycles. The third-order valence-corrected chi connectivity index (χ3v) is 6.32. The van der Waals surface area contributed by atoms with E-state index in [0.717, 1.165) is 4.57 Å². The van der Waals surface area contributed by atoms with Gasteiger partial charge >= 0.3 is 0 Å². The number of aryl methyl sites for hydroxylation is 1. The molecule has 4 aromatic rings. The Labute approximate surface area is 182 Å². The van der Waals surface area contributed by atoms with Crippen LogP contribution in [0.1, 0.15) is 28.9 Å². The molecule has 11 heteroatoms. The Morgan fingerprint density at radius 3 is 2.75 bits per heavy atom. The number of furan rings is 1. The first kappa shape index (κ1) is 21.4. The van der Waals surface area contributed by atoms with E-state index in [1.54, 1.807) is 19.1 Å². The SMILES string of the molecule is CCS(=O)(=O)c1ccc(OCc2cc(=O)n3oc(C)cc3n2)c(NC(=O)c2ccco2)c1. The van der Waals surface area contributed by atoms with E-state index >= 15 is 0 Å². The normalized spacial score (nSPS) is 11.6. The molecule has 3 heterocycles. The monoisotopic (exact) mass is 457 g/mol. The Balaban J connectivity index is 1.65. The lowest BCUT2D eigenvalue weighted by Gasteiger charge is -2.13. The number of ether oxygens (including phenoxy) is 1. The second kappa shape index (κ2) is 8.35. The summed E-state index contributed by atoms with van der Waals surface area (Å²) in [7, 11) is -3.52. The third-order valence-electron chi connectivity index (χ3n) is 4.58. The Kier molecular flexibility index (Phi) is 5.57. The zero-order chi connectivity index (χ0) is 22.9. The molecule has 0 radical (unpaired) electrons. The minimum atomic E-state index is -3.52. The third kappa shape index (κ3) is 4.28. The van der Waals surface area contributed by atoms with Gasteiger partial charge in [0.1, 0.15) is 18.1 Å². The molecule has 0 unspecified atom stereocenters. The van der Waals surface area contributed by atoms with Gasteiger partial charge in [0.15, 0.2) is 21.2 Å². The molecule has 0 aliphatic rings. The highest BCUT2D eigenvalue weighted by Crippen LogP contribution is 2.29. The van der Waals surface area contributed by atoms with E-state index < -0.39 is 21.3 Å². The molecule has 0 aliphatic carbocycles. The number of anilines is 1. The van der Waals surface area contributed by atoms with E-state index in [1.165, 1.54) is 43.5 Å². The summed E-state index contributed by atoms with van der Waals surface area (Å²) in [5.74, 6) is 0.109.